The van der Waals surface area contributed by atoms with Crippen LogP contribution in [0.4, 0.5) is 5.69 Å². The molecule has 6 nitrogen and oxygen atoms in total. The van der Waals surface area contributed by atoms with Gasteiger partial charge in [-0.1, -0.05) is 30.1 Å². The number of aliphatic hydroxyl groups is 1. The number of Topliss-reactive ketones (excluding diaryl/α,β-unsaturated/α-hetero) is 1. The van der Waals surface area contributed by atoms with Crippen molar-refractivity contribution >= 4 is 46.5 Å². The molecule has 2 aromatic rings. The van der Waals surface area contributed by atoms with Crippen molar-refractivity contribution in [2.45, 2.75) is 25.4 Å². The second-order valence-corrected chi connectivity index (χ2v) is 6.86. The first-order chi connectivity index (χ1) is 12.8. The lowest BCUT2D eigenvalue weighted by atomic mass is 9.88. The Balaban J connectivity index is 1.85. The normalized spacial score (nSPS) is 18.0. The van der Waals surface area contributed by atoms with Crippen LogP contribution in [0.5, 0.6) is 5.75 Å². The zero-order chi connectivity index (χ0) is 19.8. The van der Waals surface area contributed by atoms with Gasteiger partial charge in [-0.3, -0.25) is 14.4 Å². The van der Waals surface area contributed by atoms with E-state index in [1.807, 2.05) is 0 Å². The van der Waals surface area contributed by atoms with Crippen molar-refractivity contribution in [1.29, 1.82) is 0 Å². The molecule has 27 heavy (non-hydrogen) atoms. The second kappa shape index (κ2) is 7.31. The Morgan fingerprint density at radius 3 is 2.37 bits per heavy atom. The highest BCUT2D eigenvalue weighted by atomic mass is 35.5. The molecule has 0 spiro atoms. The van der Waals surface area contributed by atoms with Gasteiger partial charge in [0.15, 0.2) is 11.4 Å². The van der Waals surface area contributed by atoms with Crippen LogP contribution in [-0.2, 0) is 15.2 Å². The lowest BCUT2D eigenvalue weighted by Crippen LogP contribution is -2.36. The van der Waals surface area contributed by atoms with Gasteiger partial charge in [0, 0.05) is 22.6 Å². The van der Waals surface area contributed by atoms with E-state index in [9.17, 15) is 19.5 Å². The van der Waals surface area contributed by atoms with Crippen molar-refractivity contribution < 1.29 is 24.2 Å². The molecule has 0 bridgehead atoms. The first-order valence-corrected chi connectivity index (χ1v) is 8.88. The summed E-state index contributed by atoms with van der Waals surface area (Å²) in [5.74, 6) is -1.34. The number of esters is 1. The SMILES string of the molecule is CCC(=O)Oc1ccc(C(=O)CC2(O)C(=O)Nc3c(Cl)ccc(Cl)c32)cc1. The molecule has 1 aliphatic heterocycles. The largest absolute Gasteiger partial charge is 0.427 e. The molecule has 3 rings (SSSR count). The van der Waals surface area contributed by atoms with Crippen LogP contribution in [-0.4, -0.2) is 22.8 Å². The molecule has 8 heteroatoms. The number of hydrogen-bond acceptors (Lipinski definition) is 5. The molecule has 1 atom stereocenters. The molecule has 2 aromatic carbocycles. The highest BCUT2D eigenvalue weighted by Crippen LogP contribution is 2.46. The number of fused-ring (bicyclic) bond motifs is 1. The standard InChI is InChI=1S/C19H15Cl2NO5/c1-2-15(24)27-11-5-3-10(4-6-11)14(23)9-19(26)16-12(20)7-8-13(21)17(16)22-18(19)25/h3-8,26H,2,9H2,1H3,(H,22,25). The van der Waals surface area contributed by atoms with Crippen molar-refractivity contribution in [2.75, 3.05) is 5.32 Å². The molecule has 1 aliphatic rings. The molecule has 0 fully saturated rings. The van der Waals surface area contributed by atoms with E-state index in [1.54, 1.807) is 6.92 Å². The highest BCUT2D eigenvalue weighted by Gasteiger charge is 2.49. The van der Waals surface area contributed by atoms with Crippen LogP contribution in [0.25, 0.3) is 0 Å². The summed E-state index contributed by atoms with van der Waals surface area (Å²) < 4.78 is 5.05. The second-order valence-electron chi connectivity index (χ2n) is 6.05. The van der Waals surface area contributed by atoms with Gasteiger partial charge in [-0.25, -0.2) is 0 Å². The predicted molar refractivity (Wildman–Crippen MR) is 100 cm³/mol. The first-order valence-electron chi connectivity index (χ1n) is 8.12. The van der Waals surface area contributed by atoms with Gasteiger partial charge < -0.3 is 15.2 Å². The lowest BCUT2D eigenvalue weighted by molar-refractivity contribution is -0.134. The Hall–Kier alpha value is -2.41. The third-order valence-corrected chi connectivity index (χ3v) is 4.87. The van der Waals surface area contributed by atoms with Crippen LogP contribution < -0.4 is 10.1 Å². The molecular formula is C19H15Cl2NO5. The summed E-state index contributed by atoms with van der Waals surface area (Å²) in [5, 5.41) is 13.7. The maximum atomic E-state index is 12.6. The molecule has 140 valence electrons. The van der Waals surface area contributed by atoms with Crippen LogP contribution in [0.2, 0.25) is 10.0 Å². The van der Waals surface area contributed by atoms with Gasteiger partial charge in [0.05, 0.1) is 17.1 Å². The van der Waals surface area contributed by atoms with Crippen molar-refractivity contribution in [2.24, 2.45) is 0 Å². The van der Waals surface area contributed by atoms with E-state index in [0.29, 0.717) is 5.75 Å². The number of nitrogens with one attached hydrogen (secondary N) is 1. The molecule has 1 heterocycles. The van der Waals surface area contributed by atoms with Gasteiger partial charge in [0.1, 0.15) is 5.75 Å². The Morgan fingerprint density at radius 1 is 1.11 bits per heavy atom. The number of benzene rings is 2. The average molecular weight is 408 g/mol. The Bertz CT molecular complexity index is 942. The topological polar surface area (TPSA) is 92.7 Å². The summed E-state index contributed by atoms with van der Waals surface area (Å²) in [4.78, 5) is 36.3. The number of rotatable bonds is 5. The van der Waals surface area contributed by atoms with Crippen LogP contribution >= 0.6 is 23.2 Å². The van der Waals surface area contributed by atoms with Gasteiger partial charge in [-0.2, -0.15) is 0 Å². The molecule has 1 amide bonds. The lowest BCUT2D eigenvalue weighted by Gasteiger charge is -2.21. The Morgan fingerprint density at radius 2 is 1.74 bits per heavy atom. The number of halogens is 2. The zero-order valence-corrected chi connectivity index (χ0v) is 15.7. The monoisotopic (exact) mass is 407 g/mol. The maximum absolute atomic E-state index is 12.6. The summed E-state index contributed by atoms with van der Waals surface area (Å²) in [6.45, 7) is 1.67. The molecule has 0 saturated heterocycles. The number of hydrogen-bond donors (Lipinski definition) is 2. The van der Waals surface area contributed by atoms with Crippen LogP contribution in [0.15, 0.2) is 36.4 Å². The van der Waals surface area contributed by atoms with E-state index in [4.69, 9.17) is 27.9 Å². The van der Waals surface area contributed by atoms with Gasteiger partial charge in [0.2, 0.25) is 0 Å². The number of carbonyl (C=O) groups is 3. The molecule has 0 saturated carbocycles. The number of ketones is 1. The number of carbonyl (C=O) groups excluding carboxylic acids is 3. The number of amides is 1. The molecule has 0 aliphatic carbocycles. The first kappa shape index (κ1) is 19.4. The van der Waals surface area contributed by atoms with Crippen LogP contribution in [0, 0.1) is 0 Å². The van der Waals surface area contributed by atoms with E-state index >= 15 is 0 Å². The van der Waals surface area contributed by atoms with Gasteiger partial charge >= 0.3 is 5.97 Å². The Labute approximate surface area is 165 Å². The van der Waals surface area contributed by atoms with Crippen molar-refractivity contribution in [3.63, 3.8) is 0 Å². The van der Waals surface area contributed by atoms with E-state index in [2.05, 4.69) is 5.32 Å². The smallest absolute Gasteiger partial charge is 0.310 e. The zero-order valence-electron chi connectivity index (χ0n) is 14.2. The van der Waals surface area contributed by atoms with Crippen LogP contribution in [0.1, 0.15) is 35.7 Å². The van der Waals surface area contributed by atoms with Crippen molar-refractivity contribution in [3.8, 4) is 5.75 Å². The highest BCUT2D eigenvalue weighted by molar-refractivity contribution is 6.38. The minimum Gasteiger partial charge on any atom is -0.427 e. The average Bonchev–Trinajstić information content (AvgIpc) is 2.90. The van der Waals surface area contributed by atoms with Gasteiger partial charge in [-0.15, -0.1) is 0 Å². The fourth-order valence-corrected chi connectivity index (χ4v) is 3.34. The minimum atomic E-state index is -2.12. The van der Waals surface area contributed by atoms with Crippen LogP contribution in [0.3, 0.4) is 0 Å². The van der Waals surface area contributed by atoms with E-state index in [0.717, 1.165) is 0 Å². The fraction of sp³-hybridized carbons (Fsp3) is 0.211. The van der Waals surface area contributed by atoms with E-state index < -0.39 is 29.7 Å². The molecule has 1 unspecified atom stereocenters. The van der Waals surface area contributed by atoms with Gasteiger partial charge in [0.25, 0.3) is 5.91 Å². The van der Waals surface area contributed by atoms with Crippen molar-refractivity contribution in [3.05, 3.63) is 57.6 Å². The molecule has 0 aromatic heterocycles. The summed E-state index contributed by atoms with van der Waals surface area (Å²) in [7, 11) is 0. The third-order valence-electron chi connectivity index (χ3n) is 4.24. The molecule has 0 radical (unpaired) electrons. The summed E-state index contributed by atoms with van der Waals surface area (Å²) >= 11 is 12.2. The van der Waals surface area contributed by atoms with Crippen molar-refractivity contribution in [1.82, 2.24) is 0 Å². The molecular weight excluding hydrogens is 393 g/mol. The van der Waals surface area contributed by atoms with E-state index in [-0.39, 0.29) is 33.3 Å². The van der Waals surface area contributed by atoms with E-state index in [1.165, 1.54) is 36.4 Å². The number of ether oxygens (including phenoxy) is 1. The summed E-state index contributed by atoms with van der Waals surface area (Å²) in [6.07, 6.45) is -0.286. The maximum Gasteiger partial charge on any atom is 0.310 e. The summed E-state index contributed by atoms with van der Waals surface area (Å²) in [6, 6.07) is 8.80. The van der Waals surface area contributed by atoms with Gasteiger partial charge in [-0.05, 0) is 36.4 Å². The summed E-state index contributed by atoms with van der Waals surface area (Å²) in [5.41, 5.74) is -1.59. The number of anilines is 1. The fourth-order valence-electron chi connectivity index (χ4n) is 2.82. The minimum absolute atomic E-state index is 0.0866. The quantitative estimate of drug-likeness (QED) is 0.447. The molecule has 2 N–H and O–H groups in total. The Kier molecular flexibility index (Phi) is 5.24. The third kappa shape index (κ3) is 3.56. The predicted octanol–water partition coefficient (Wildman–Crippen LogP) is 3.72.